The van der Waals surface area contributed by atoms with Crippen LogP contribution in [0.2, 0.25) is 19.1 Å². The third-order valence-corrected chi connectivity index (χ3v) is 5.14. The number of carboxylic acids is 1. The van der Waals surface area contributed by atoms with Gasteiger partial charge in [0, 0.05) is 0 Å². The van der Waals surface area contributed by atoms with Crippen molar-refractivity contribution < 1.29 is 19.1 Å². The van der Waals surface area contributed by atoms with Crippen LogP contribution in [0.4, 0.5) is 0 Å². The van der Waals surface area contributed by atoms with E-state index in [0.29, 0.717) is 5.56 Å². The van der Waals surface area contributed by atoms with Crippen molar-refractivity contribution in [3.63, 3.8) is 0 Å². The van der Waals surface area contributed by atoms with Gasteiger partial charge in [0.05, 0.1) is 11.1 Å². The van der Waals surface area contributed by atoms with Crippen LogP contribution in [0.5, 0.6) is 0 Å². The maximum atomic E-state index is 12.0. The Morgan fingerprint density at radius 1 is 1.26 bits per heavy atom. The van der Waals surface area contributed by atoms with E-state index in [1.54, 1.807) is 12.1 Å². The van der Waals surface area contributed by atoms with E-state index < -0.39 is 20.3 Å². The minimum atomic E-state index is -2.01. The minimum Gasteiger partial charge on any atom is -0.516 e. The van der Waals surface area contributed by atoms with Crippen LogP contribution in [0.3, 0.4) is 0 Å². The van der Waals surface area contributed by atoms with Crippen LogP contribution in [0.15, 0.2) is 24.3 Å². The van der Waals surface area contributed by atoms with Crippen LogP contribution in [0, 0.1) is 0 Å². The predicted molar refractivity (Wildman–Crippen MR) is 76.0 cm³/mol. The molecule has 0 saturated heterocycles. The largest absolute Gasteiger partial charge is 0.516 e. The van der Waals surface area contributed by atoms with E-state index >= 15 is 0 Å². The Balaban J connectivity index is 2.78. The third kappa shape index (κ3) is 4.87. The summed E-state index contributed by atoms with van der Waals surface area (Å²) in [5, 5.41) is 8.90. The molecule has 0 bridgehead atoms. The summed E-state index contributed by atoms with van der Waals surface area (Å²) in [6, 6.07) is 6.88. The van der Waals surface area contributed by atoms with Crippen molar-refractivity contribution in [1.29, 1.82) is 0 Å². The van der Waals surface area contributed by atoms with Crippen LogP contribution in [-0.4, -0.2) is 25.4 Å². The highest BCUT2D eigenvalue weighted by Crippen LogP contribution is 2.18. The average molecular weight is 280 g/mol. The minimum absolute atomic E-state index is 0.0995. The van der Waals surface area contributed by atoms with Gasteiger partial charge in [-0.2, -0.15) is 0 Å². The van der Waals surface area contributed by atoms with Crippen molar-refractivity contribution in [3.05, 3.63) is 35.4 Å². The molecule has 5 heteroatoms. The van der Waals surface area contributed by atoms with Crippen LogP contribution in [-0.2, 0) is 4.43 Å². The molecule has 0 aliphatic carbocycles. The first-order valence-corrected chi connectivity index (χ1v) is 9.54. The molecule has 0 fully saturated rings. The number of unbranched alkanes of at least 4 members (excludes halogenated alkanes) is 1. The summed E-state index contributed by atoms with van der Waals surface area (Å²) in [6.07, 6.45) is 2.12. The van der Waals surface area contributed by atoms with E-state index in [1.165, 1.54) is 12.1 Å². The molecule has 0 radical (unpaired) electrons. The molecular weight excluding hydrogens is 260 g/mol. The highest BCUT2D eigenvalue weighted by atomic mass is 28.4. The Morgan fingerprint density at radius 3 is 2.47 bits per heavy atom. The lowest BCUT2D eigenvalue weighted by Crippen LogP contribution is -2.33. The zero-order valence-electron chi connectivity index (χ0n) is 11.6. The van der Waals surface area contributed by atoms with Gasteiger partial charge in [-0.05, 0) is 37.3 Å². The van der Waals surface area contributed by atoms with E-state index in [-0.39, 0.29) is 5.56 Å². The SMILES string of the molecule is CCCC[Si](C)(C)OC(=O)c1cccc(C(=O)O)c1. The quantitative estimate of drug-likeness (QED) is 0.809. The molecule has 4 nitrogen and oxygen atoms in total. The molecule has 0 spiro atoms. The summed E-state index contributed by atoms with van der Waals surface area (Å²) in [6.45, 7) is 6.10. The lowest BCUT2D eigenvalue weighted by molar-refractivity contribution is 0.0697. The van der Waals surface area contributed by atoms with Gasteiger partial charge in [0.15, 0.2) is 0 Å². The van der Waals surface area contributed by atoms with Gasteiger partial charge in [-0.3, -0.25) is 0 Å². The summed E-state index contributed by atoms with van der Waals surface area (Å²) in [5.41, 5.74) is 0.402. The molecule has 0 unspecified atom stereocenters. The smallest absolute Gasteiger partial charge is 0.335 e. The van der Waals surface area contributed by atoms with Crippen molar-refractivity contribution >= 4 is 20.3 Å². The van der Waals surface area contributed by atoms with E-state index in [9.17, 15) is 9.59 Å². The number of aromatic carboxylic acids is 1. The van der Waals surface area contributed by atoms with Crippen molar-refractivity contribution in [2.45, 2.75) is 38.9 Å². The van der Waals surface area contributed by atoms with Gasteiger partial charge >= 0.3 is 11.9 Å². The third-order valence-electron chi connectivity index (χ3n) is 2.85. The van der Waals surface area contributed by atoms with Gasteiger partial charge in [0.1, 0.15) is 0 Å². The Morgan fingerprint density at radius 2 is 1.89 bits per heavy atom. The Bertz CT molecular complexity index is 468. The van der Waals surface area contributed by atoms with E-state index in [1.807, 2.05) is 13.1 Å². The van der Waals surface area contributed by atoms with Crippen LogP contribution >= 0.6 is 0 Å². The predicted octanol–water partition coefficient (Wildman–Crippen LogP) is 3.55. The van der Waals surface area contributed by atoms with Gasteiger partial charge in [-0.25, -0.2) is 9.59 Å². The van der Waals surface area contributed by atoms with Gasteiger partial charge < -0.3 is 9.53 Å². The summed E-state index contributed by atoms with van der Waals surface area (Å²) < 4.78 is 5.57. The van der Waals surface area contributed by atoms with E-state index in [0.717, 1.165) is 18.9 Å². The zero-order valence-corrected chi connectivity index (χ0v) is 12.6. The second-order valence-electron chi connectivity index (χ2n) is 5.14. The first kappa shape index (κ1) is 15.4. The summed E-state index contributed by atoms with van der Waals surface area (Å²) in [4.78, 5) is 22.9. The molecule has 0 saturated carbocycles. The second-order valence-corrected chi connectivity index (χ2v) is 9.36. The normalized spacial score (nSPS) is 11.1. The molecule has 104 valence electrons. The summed E-state index contributed by atoms with van der Waals surface area (Å²) in [5.74, 6) is -1.46. The number of carbonyl (C=O) groups is 2. The number of rotatable bonds is 6. The number of benzene rings is 1. The molecule has 0 heterocycles. The van der Waals surface area contributed by atoms with Crippen LogP contribution < -0.4 is 0 Å². The van der Waals surface area contributed by atoms with E-state index in [4.69, 9.17) is 9.53 Å². The number of carbonyl (C=O) groups excluding carboxylic acids is 1. The van der Waals surface area contributed by atoms with Crippen molar-refractivity contribution in [2.24, 2.45) is 0 Å². The second kappa shape index (κ2) is 6.52. The number of hydrogen-bond donors (Lipinski definition) is 1. The summed E-state index contributed by atoms with van der Waals surface area (Å²) in [7, 11) is -2.01. The molecule has 0 aromatic heterocycles. The maximum absolute atomic E-state index is 12.0. The van der Waals surface area contributed by atoms with Gasteiger partial charge in [-0.1, -0.05) is 25.8 Å². The monoisotopic (exact) mass is 280 g/mol. The molecular formula is C14H20O4Si. The Labute approximate surface area is 114 Å². The molecule has 1 N–H and O–H groups in total. The molecule has 1 aromatic carbocycles. The van der Waals surface area contributed by atoms with Crippen LogP contribution in [0.1, 0.15) is 40.5 Å². The zero-order chi connectivity index (χ0) is 14.5. The molecule has 0 aliphatic rings. The fourth-order valence-electron chi connectivity index (χ4n) is 1.74. The highest BCUT2D eigenvalue weighted by Gasteiger charge is 2.27. The molecule has 19 heavy (non-hydrogen) atoms. The number of hydrogen-bond acceptors (Lipinski definition) is 3. The average Bonchev–Trinajstić information content (AvgIpc) is 2.36. The van der Waals surface area contributed by atoms with Crippen molar-refractivity contribution in [1.82, 2.24) is 0 Å². The lowest BCUT2D eigenvalue weighted by atomic mass is 10.1. The van der Waals surface area contributed by atoms with Crippen molar-refractivity contribution in [2.75, 3.05) is 0 Å². The van der Waals surface area contributed by atoms with Gasteiger partial charge in [0.25, 0.3) is 0 Å². The standard InChI is InChI=1S/C14H20O4Si/c1-4-5-9-19(2,3)18-14(17)12-8-6-7-11(10-12)13(15)16/h6-8,10H,4-5,9H2,1-3H3,(H,15,16). The molecule has 1 rings (SSSR count). The number of carboxylic acid groups (broad SMARTS) is 1. The van der Waals surface area contributed by atoms with Gasteiger partial charge in [-0.15, -0.1) is 0 Å². The molecule has 0 atom stereocenters. The molecule has 0 aliphatic heterocycles. The Hall–Kier alpha value is -1.62. The lowest BCUT2D eigenvalue weighted by Gasteiger charge is -2.22. The highest BCUT2D eigenvalue weighted by molar-refractivity contribution is 6.72. The van der Waals surface area contributed by atoms with Crippen LogP contribution in [0.25, 0.3) is 0 Å². The topological polar surface area (TPSA) is 63.6 Å². The molecule has 0 amide bonds. The first-order valence-electron chi connectivity index (χ1n) is 6.42. The van der Waals surface area contributed by atoms with E-state index in [2.05, 4.69) is 6.92 Å². The Kier molecular flexibility index (Phi) is 5.29. The van der Waals surface area contributed by atoms with Crippen molar-refractivity contribution in [3.8, 4) is 0 Å². The van der Waals surface area contributed by atoms with Gasteiger partial charge in [0.2, 0.25) is 8.32 Å². The fourth-order valence-corrected chi connectivity index (χ4v) is 3.67. The molecule has 1 aromatic rings. The fraction of sp³-hybridized carbons (Fsp3) is 0.429. The first-order chi connectivity index (χ1) is 8.85. The summed E-state index contributed by atoms with van der Waals surface area (Å²) >= 11 is 0. The maximum Gasteiger partial charge on any atom is 0.335 e.